The fraction of sp³-hybridized carbons (Fsp3) is 0.500. The zero-order chi connectivity index (χ0) is 15.4. The highest BCUT2D eigenvalue weighted by atomic mass is 19.4. The van der Waals surface area contributed by atoms with E-state index < -0.39 is 11.7 Å². The van der Waals surface area contributed by atoms with E-state index in [0.29, 0.717) is 18.7 Å². The van der Waals surface area contributed by atoms with Gasteiger partial charge in [-0.05, 0) is 38.5 Å². The van der Waals surface area contributed by atoms with Crippen LogP contribution in [-0.4, -0.2) is 19.3 Å². The summed E-state index contributed by atoms with van der Waals surface area (Å²) < 4.78 is 43.6. The number of halogens is 3. The first-order chi connectivity index (χ1) is 9.19. The summed E-state index contributed by atoms with van der Waals surface area (Å²) in [4.78, 5) is 0. The maximum Gasteiger partial charge on any atom is 0.417 e. The maximum atomic E-state index is 12.8. The molecule has 3 nitrogen and oxygen atoms in total. The fourth-order valence-electron chi connectivity index (χ4n) is 1.60. The number of hydrogen-bond acceptors (Lipinski definition) is 3. The molecule has 1 aromatic rings. The largest absolute Gasteiger partial charge is 0.417 e. The smallest absolute Gasteiger partial charge is 0.385 e. The first kappa shape index (κ1) is 16.3. The number of nitrogens with zero attached hydrogens (tertiary/aromatic N) is 1. The minimum absolute atomic E-state index is 0.336. The zero-order valence-corrected chi connectivity index (χ0v) is 11.6. The molecule has 1 rings (SSSR count). The molecule has 0 heterocycles. The van der Waals surface area contributed by atoms with Gasteiger partial charge in [0.15, 0.2) is 0 Å². The van der Waals surface area contributed by atoms with E-state index in [9.17, 15) is 13.2 Å². The molecule has 0 amide bonds. The number of methoxy groups -OCH3 is 1. The quantitative estimate of drug-likeness (QED) is 0.895. The van der Waals surface area contributed by atoms with Crippen molar-refractivity contribution >= 4 is 5.69 Å². The van der Waals surface area contributed by atoms with Crippen molar-refractivity contribution in [3.05, 3.63) is 29.3 Å². The van der Waals surface area contributed by atoms with Gasteiger partial charge in [0, 0.05) is 19.3 Å². The summed E-state index contributed by atoms with van der Waals surface area (Å²) in [6.45, 7) is 4.27. The standard InChI is InChI=1S/C14H17F3N2O/c1-13(2,20-3)6-7-19-11-5-4-10(9-18)12(8-11)14(15,16)17/h4-5,8,19H,6-7H2,1-3H3. The number of anilines is 1. The Hall–Kier alpha value is -1.74. The fourth-order valence-corrected chi connectivity index (χ4v) is 1.60. The molecule has 110 valence electrons. The molecule has 6 heteroatoms. The van der Waals surface area contributed by atoms with Crippen LogP contribution in [0.1, 0.15) is 31.4 Å². The van der Waals surface area contributed by atoms with E-state index in [1.807, 2.05) is 13.8 Å². The van der Waals surface area contributed by atoms with Gasteiger partial charge in [-0.1, -0.05) is 0 Å². The van der Waals surface area contributed by atoms with Crippen molar-refractivity contribution in [3.63, 3.8) is 0 Å². The van der Waals surface area contributed by atoms with Crippen LogP contribution in [0.3, 0.4) is 0 Å². The number of ether oxygens (including phenoxy) is 1. The van der Waals surface area contributed by atoms with Crippen LogP contribution in [0, 0.1) is 11.3 Å². The van der Waals surface area contributed by atoms with Gasteiger partial charge >= 0.3 is 6.18 Å². The lowest BCUT2D eigenvalue weighted by atomic mass is 10.0. The van der Waals surface area contributed by atoms with E-state index in [1.165, 1.54) is 12.1 Å². The highest BCUT2D eigenvalue weighted by molar-refractivity contribution is 5.53. The molecule has 0 saturated heterocycles. The van der Waals surface area contributed by atoms with Crippen molar-refractivity contribution < 1.29 is 17.9 Å². The molecule has 0 aliphatic carbocycles. The van der Waals surface area contributed by atoms with Crippen LogP contribution in [0.5, 0.6) is 0 Å². The first-order valence-corrected chi connectivity index (χ1v) is 6.10. The van der Waals surface area contributed by atoms with Crippen LogP contribution in [0.25, 0.3) is 0 Å². The summed E-state index contributed by atoms with van der Waals surface area (Å²) in [5.41, 5.74) is -1.30. The van der Waals surface area contributed by atoms with Crippen LogP contribution in [-0.2, 0) is 10.9 Å². The third-order valence-corrected chi connectivity index (χ3v) is 3.05. The summed E-state index contributed by atoms with van der Waals surface area (Å²) in [6.07, 6.45) is -3.89. The van der Waals surface area contributed by atoms with Crippen LogP contribution >= 0.6 is 0 Å². The van der Waals surface area contributed by atoms with Crippen molar-refractivity contribution in [1.29, 1.82) is 5.26 Å². The second kappa shape index (κ2) is 6.14. The number of benzene rings is 1. The number of hydrogen-bond donors (Lipinski definition) is 1. The summed E-state index contributed by atoms with van der Waals surface area (Å²) >= 11 is 0. The Labute approximate surface area is 116 Å². The van der Waals surface area contributed by atoms with Gasteiger partial charge in [-0.2, -0.15) is 18.4 Å². The predicted molar refractivity (Wildman–Crippen MR) is 70.4 cm³/mol. The molecule has 0 aliphatic heterocycles. The molecule has 0 atom stereocenters. The molecule has 0 aromatic heterocycles. The highest BCUT2D eigenvalue weighted by Crippen LogP contribution is 2.33. The minimum Gasteiger partial charge on any atom is -0.385 e. The Balaban J connectivity index is 2.81. The number of alkyl halides is 3. The van der Waals surface area contributed by atoms with Crippen molar-refractivity contribution in [2.45, 2.75) is 32.0 Å². The lowest BCUT2D eigenvalue weighted by Gasteiger charge is -2.23. The van der Waals surface area contributed by atoms with Crippen LogP contribution in [0.4, 0.5) is 18.9 Å². The lowest BCUT2D eigenvalue weighted by Crippen LogP contribution is -2.25. The van der Waals surface area contributed by atoms with Gasteiger partial charge in [0.2, 0.25) is 0 Å². The van der Waals surface area contributed by atoms with E-state index in [4.69, 9.17) is 10.00 Å². The molecule has 0 bridgehead atoms. The van der Waals surface area contributed by atoms with Gasteiger partial charge in [-0.3, -0.25) is 0 Å². The molecular weight excluding hydrogens is 269 g/mol. The summed E-state index contributed by atoms with van der Waals surface area (Å²) in [5.74, 6) is 0. The van der Waals surface area contributed by atoms with Gasteiger partial charge < -0.3 is 10.1 Å². The Bertz CT molecular complexity index is 504. The van der Waals surface area contributed by atoms with E-state index >= 15 is 0 Å². The van der Waals surface area contributed by atoms with Gasteiger partial charge in [0.05, 0.1) is 22.8 Å². The first-order valence-electron chi connectivity index (χ1n) is 6.10. The van der Waals surface area contributed by atoms with Gasteiger partial charge in [0.1, 0.15) is 0 Å². The van der Waals surface area contributed by atoms with Gasteiger partial charge in [-0.25, -0.2) is 0 Å². The van der Waals surface area contributed by atoms with Crippen LogP contribution in [0.2, 0.25) is 0 Å². The molecule has 1 N–H and O–H groups in total. The Morgan fingerprint density at radius 3 is 2.45 bits per heavy atom. The minimum atomic E-state index is -4.53. The third-order valence-electron chi connectivity index (χ3n) is 3.05. The summed E-state index contributed by atoms with van der Waals surface area (Å²) in [7, 11) is 1.59. The normalized spacial score (nSPS) is 12.1. The third kappa shape index (κ3) is 4.42. The second-order valence-electron chi connectivity index (χ2n) is 5.01. The average molecular weight is 286 g/mol. The van der Waals surface area contributed by atoms with E-state index in [1.54, 1.807) is 13.2 Å². The van der Waals surface area contributed by atoms with E-state index in [-0.39, 0.29) is 11.2 Å². The van der Waals surface area contributed by atoms with Gasteiger partial charge in [-0.15, -0.1) is 0 Å². The number of rotatable bonds is 5. The predicted octanol–water partition coefficient (Wildman–Crippen LogP) is 3.80. The van der Waals surface area contributed by atoms with Gasteiger partial charge in [0.25, 0.3) is 0 Å². The molecule has 0 saturated carbocycles. The van der Waals surface area contributed by atoms with E-state index in [2.05, 4.69) is 5.32 Å². The molecule has 0 fully saturated rings. The molecule has 0 radical (unpaired) electrons. The lowest BCUT2D eigenvalue weighted by molar-refractivity contribution is -0.137. The number of nitrogens with one attached hydrogen (secondary N) is 1. The summed E-state index contributed by atoms with van der Waals surface area (Å²) in [6, 6.07) is 5.15. The van der Waals surface area contributed by atoms with Crippen molar-refractivity contribution in [2.24, 2.45) is 0 Å². The Morgan fingerprint density at radius 2 is 1.95 bits per heavy atom. The van der Waals surface area contributed by atoms with E-state index in [0.717, 1.165) is 6.07 Å². The van der Waals surface area contributed by atoms with Crippen molar-refractivity contribution in [2.75, 3.05) is 19.0 Å². The van der Waals surface area contributed by atoms with Crippen molar-refractivity contribution in [1.82, 2.24) is 0 Å². The van der Waals surface area contributed by atoms with Crippen molar-refractivity contribution in [3.8, 4) is 6.07 Å². The van der Waals surface area contributed by atoms with Crippen LogP contribution < -0.4 is 5.32 Å². The molecule has 0 spiro atoms. The molecule has 20 heavy (non-hydrogen) atoms. The Morgan fingerprint density at radius 1 is 1.30 bits per heavy atom. The summed E-state index contributed by atoms with van der Waals surface area (Å²) in [5, 5.41) is 11.6. The second-order valence-corrected chi connectivity index (χ2v) is 5.01. The Kier molecular flexibility index (Phi) is 5.01. The molecule has 0 unspecified atom stereocenters. The monoisotopic (exact) mass is 286 g/mol. The van der Waals surface area contributed by atoms with Crippen LogP contribution in [0.15, 0.2) is 18.2 Å². The SMILES string of the molecule is COC(C)(C)CCNc1ccc(C#N)c(C(F)(F)F)c1. The average Bonchev–Trinajstić information content (AvgIpc) is 2.37. The highest BCUT2D eigenvalue weighted by Gasteiger charge is 2.33. The maximum absolute atomic E-state index is 12.8. The topological polar surface area (TPSA) is 45.0 Å². The molecule has 1 aromatic carbocycles. The zero-order valence-electron chi connectivity index (χ0n) is 11.6. The molecule has 0 aliphatic rings. The molecular formula is C14H17F3N2O. The number of nitriles is 1.